The van der Waals surface area contributed by atoms with Gasteiger partial charge in [-0.25, -0.2) is 0 Å². The second-order valence-electron chi connectivity index (χ2n) is 3.13. The number of nitrogens with two attached hydrogens (primary N) is 1. The van der Waals surface area contributed by atoms with Crippen LogP contribution >= 0.6 is 11.6 Å². The Morgan fingerprint density at radius 3 is 2.53 bits per heavy atom. The summed E-state index contributed by atoms with van der Waals surface area (Å²) in [5.41, 5.74) is 2.07. The Kier molecular flexibility index (Phi) is 3.12. The molecule has 0 saturated carbocycles. The second kappa shape index (κ2) is 4.37. The van der Waals surface area contributed by atoms with Gasteiger partial charge in [0.1, 0.15) is 0 Å². The standard InChI is InChI=1S/C10H10ClN3Se/c1-14(12)10-13-9(6-15-10)7-2-4-8(11)5-3-7/h2-6H,12H2,1H3. The van der Waals surface area contributed by atoms with Crippen molar-refractivity contribution in [2.75, 3.05) is 12.1 Å². The van der Waals surface area contributed by atoms with Crippen LogP contribution in [0.25, 0.3) is 11.3 Å². The number of hydrogen-bond donors (Lipinski definition) is 1. The van der Waals surface area contributed by atoms with E-state index < -0.39 is 0 Å². The zero-order valence-electron chi connectivity index (χ0n) is 8.14. The average molecular weight is 287 g/mol. The number of benzene rings is 1. The molecule has 0 amide bonds. The van der Waals surface area contributed by atoms with E-state index in [1.165, 1.54) is 0 Å². The van der Waals surface area contributed by atoms with Crippen molar-refractivity contribution < 1.29 is 0 Å². The van der Waals surface area contributed by atoms with Gasteiger partial charge >= 0.3 is 99.2 Å². The fourth-order valence-electron chi connectivity index (χ4n) is 1.18. The molecule has 0 unspecified atom stereocenters. The number of nitrogens with zero attached hydrogens (tertiary/aromatic N) is 2. The summed E-state index contributed by atoms with van der Waals surface area (Å²) in [6.45, 7) is 0. The number of hydrazine groups is 1. The zero-order chi connectivity index (χ0) is 10.8. The third kappa shape index (κ3) is 2.41. The van der Waals surface area contributed by atoms with E-state index in [0.717, 1.165) is 21.0 Å². The molecule has 15 heavy (non-hydrogen) atoms. The van der Waals surface area contributed by atoms with Gasteiger partial charge in [0.15, 0.2) is 0 Å². The molecule has 1 aromatic heterocycles. The van der Waals surface area contributed by atoms with Crippen molar-refractivity contribution in [3.63, 3.8) is 0 Å². The molecular formula is C10H10ClN3Se. The van der Waals surface area contributed by atoms with Crippen molar-refractivity contribution in [2.24, 2.45) is 5.84 Å². The van der Waals surface area contributed by atoms with Crippen LogP contribution in [-0.4, -0.2) is 26.5 Å². The molecule has 0 aliphatic heterocycles. The molecule has 0 radical (unpaired) electrons. The molecule has 1 aromatic carbocycles. The van der Waals surface area contributed by atoms with Crippen LogP contribution in [0.15, 0.2) is 29.2 Å². The maximum atomic E-state index is 5.82. The maximum absolute atomic E-state index is 5.82. The van der Waals surface area contributed by atoms with Crippen LogP contribution in [0.3, 0.4) is 0 Å². The summed E-state index contributed by atoms with van der Waals surface area (Å²) in [4.78, 5) is 6.57. The Morgan fingerprint density at radius 2 is 2.00 bits per heavy atom. The minimum absolute atomic E-state index is 0.235. The Bertz CT molecular complexity index is 450. The fraction of sp³-hybridized carbons (Fsp3) is 0.100. The number of aromatic nitrogens is 1. The molecule has 2 aromatic rings. The Morgan fingerprint density at radius 1 is 1.33 bits per heavy atom. The van der Waals surface area contributed by atoms with E-state index in [1.807, 2.05) is 24.3 Å². The molecule has 0 saturated heterocycles. The number of rotatable bonds is 2. The minimum atomic E-state index is 0.235. The molecule has 0 spiro atoms. The fourth-order valence-corrected chi connectivity index (χ4v) is 2.82. The van der Waals surface area contributed by atoms with Crippen molar-refractivity contribution in [3.8, 4) is 11.3 Å². The Balaban J connectivity index is 2.33. The molecule has 0 aliphatic rings. The van der Waals surface area contributed by atoms with Gasteiger partial charge in [-0.1, -0.05) is 0 Å². The molecule has 5 heteroatoms. The van der Waals surface area contributed by atoms with E-state index in [-0.39, 0.29) is 14.5 Å². The van der Waals surface area contributed by atoms with Crippen molar-refractivity contribution in [3.05, 3.63) is 34.2 Å². The molecule has 2 N–H and O–H groups in total. The topological polar surface area (TPSA) is 42.1 Å². The summed E-state index contributed by atoms with van der Waals surface area (Å²) < 4.78 is 0.937. The first kappa shape index (κ1) is 10.7. The van der Waals surface area contributed by atoms with Crippen LogP contribution < -0.4 is 10.9 Å². The normalized spacial score (nSPS) is 10.3. The van der Waals surface area contributed by atoms with Gasteiger partial charge in [-0.15, -0.1) is 0 Å². The van der Waals surface area contributed by atoms with Gasteiger partial charge in [0.05, 0.1) is 0 Å². The molecular weight excluding hydrogens is 277 g/mol. The summed E-state index contributed by atoms with van der Waals surface area (Å²) in [5, 5.41) is 2.31. The summed E-state index contributed by atoms with van der Waals surface area (Å²) in [5.74, 6) is 5.63. The number of hydrogen-bond acceptors (Lipinski definition) is 3. The van der Waals surface area contributed by atoms with E-state index in [1.54, 1.807) is 12.1 Å². The van der Waals surface area contributed by atoms with E-state index in [9.17, 15) is 0 Å². The average Bonchev–Trinajstić information content (AvgIpc) is 2.68. The molecule has 2 rings (SSSR count). The van der Waals surface area contributed by atoms with Gasteiger partial charge in [0.25, 0.3) is 0 Å². The van der Waals surface area contributed by atoms with Crippen LogP contribution in [0.4, 0.5) is 4.69 Å². The second-order valence-corrected chi connectivity index (χ2v) is 5.32. The van der Waals surface area contributed by atoms with Crippen LogP contribution in [0, 0.1) is 0 Å². The molecule has 0 aliphatic carbocycles. The molecule has 0 bridgehead atoms. The van der Waals surface area contributed by atoms with Gasteiger partial charge in [-0.3, -0.25) is 0 Å². The van der Waals surface area contributed by atoms with Gasteiger partial charge in [-0.05, 0) is 0 Å². The van der Waals surface area contributed by atoms with E-state index in [2.05, 4.69) is 9.92 Å². The van der Waals surface area contributed by atoms with E-state index in [4.69, 9.17) is 17.4 Å². The number of halogens is 1. The summed E-state index contributed by atoms with van der Waals surface area (Å²) in [7, 11) is 1.80. The third-order valence-electron chi connectivity index (χ3n) is 1.93. The Hall–Kier alpha value is -0.801. The van der Waals surface area contributed by atoms with Crippen LogP contribution in [0.2, 0.25) is 5.02 Å². The Labute approximate surface area is 99.2 Å². The number of anilines is 1. The quantitative estimate of drug-likeness (QED) is 0.520. The third-order valence-corrected chi connectivity index (χ3v) is 4.14. The predicted octanol–water partition coefficient (Wildman–Crippen LogP) is 1.77. The summed E-state index contributed by atoms with van der Waals surface area (Å²) >= 11 is 6.05. The van der Waals surface area contributed by atoms with E-state index >= 15 is 0 Å². The first-order valence-corrected chi connectivity index (χ1v) is 6.59. The van der Waals surface area contributed by atoms with Crippen LogP contribution in [0.1, 0.15) is 0 Å². The molecule has 3 nitrogen and oxygen atoms in total. The van der Waals surface area contributed by atoms with Gasteiger partial charge in [0.2, 0.25) is 0 Å². The van der Waals surface area contributed by atoms with Crippen molar-refractivity contribution in [2.45, 2.75) is 0 Å². The van der Waals surface area contributed by atoms with Gasteiger partial charge in [0, 0.05) is 0 Å². The predicted molar refractivity (Wildman–Crippen MR) is 64.2 cm³/mol. The summed E-state index contributed by atoms with van der Waals surface area (Å²) in [6, 6.07) is 7.66. The summed E-state index contributed by atoms with van der Waals surface area (Å²) in [6.07, 6.45) is 0. The van der Waals surface area contributed by atoms with Gasteiger partial charge in [-0.2, -0.15) is 0 Å². The van der Waals surface area contributed by atoms with Crippen molar-refractivity contribution in [1.29, 1.82) is 0 Å². The SMILES string of the molecule is CN(N)c1nc(-c2ccc(Cl)cc2)c[se]1. The molecule has 1 heterocycles. The zero-order valence-corrected chi connectivity index (χ0v) is 10.6. The van der Waals surface area contributed by atoms with Crippen LogP contribution in [0.5, 0.6) is 0 Å². The van der Waals surface area contributed by atoms with Crippen LogP contribution in [-0.2, 0) is 0 Å². The monoisotopic (exact) mass is 287 g/mol. The van der Waals surface area contributed by atoms with Crippen molar-refractivity contribution >= 4 is 30.8 Å². The first-order chi connectivity index (χ1) is 7.16. The molecule has 0 fully saturated rings. The molecule has 78 valence electrons. The first-order valence-electron chi connectivity index (χ1n) is 4.37. The van der Waals surface area contributed by atoms with E-state index in [0.29, 0.717) is 0 Å². The van der Waals surface area contributed by atoms with Gasteiger partial charge < -0.3 is 0 Å². The van der Waals surface area contributed by atoms with Crippen molar-refractivity contribution in [1.82, 2.24) is 4.98 Å². The molecule has 0 atom stereocenters.